The van der Waals surface area contributed by atoms with E-state index >= 15 is 0 Å². The van der Waals surface area contributed by atoms with Crippen molar-refractivity contribution >= 4 is 27.3 Å². The van der Waals surface area contributed by atoms with Gasteiger partial charge in [-0.1, -0.05) is 39.0 Å². The second kappa shape index (κ2) is 6.01. The van der Waals surface area contributed by atoms with Crippen molar-refractivity contribution in [2.75, 3.05) is 0 Å². The standard InChI is InChI=1S/C22H24N4OS/c1-13-23-24-21-25(13)20-18(19(27)26(21)15-8-6-5-7-9-15)16-11-10-14(22(2,3)4)12-17(16)28-20/h5-9,14H,10-12H2,1-4H3. The largest absolute Gasteiger partial charge is 0.268 e. The predicted octanol–water partition coefficient (Wildman–Crippen LogP) is 4.55. The summed E-state index contributed by atoms with van der Waals surface area (Å²) >= 11 is 1.76. The van der Waals surface area contributed by atoms with Gasteiger partial charge in [-0.3, -0.25) is 9.20 Å². The third-order valence-electron chi connectivity index (χ3n) is 6.11. The van der Waals surface area contributed by atoms with Crippen LogP contribution in [0, 0.1) is 18.3 Å². The molecule has 6 heteroatoms. The van der Waals surface area contributed by atoms with Gasteiger partial charge in [-0.25, -0.2) is 4.57 Å². The number of para-hydroxylation sites is 1. The molecule has 1 aromatic carbocycles. The molecule has 0 radical (unpaired) electrons. The highest BCUT2D eigenvalue weighted by molar-refractivity contribution is 7.18. The number of rotatable bonds is 1. The molecular formula is C22H24N4OS. The lowest BCUT2D eigenvalue weighted by molar-refractivity contribution is 0.218. The summed E-state index contributed by atoms with van der Waals surface area (Å²) in [7, 11) is 0. The zero-order chi connectivity index (χ0) is 19.6. The molecular weight excluding hydrogens is 368 g/mol. The minimum atomic E-state index is 0.0211. The first-order chi connectivity index (χ1) is 13.4. The van der Waals surface area contributed by atoms with E-state index in [0.717, 1.165) is 41.0 Å². The van der Waals surface area contributed by atoms with Crippen LogP contribution in [0.3, 0.4) is 0 Å². The molecule has 5 nitrogen and oxygen atoms in total. The first-order valence-corrected chi connectivity index (χ1v) is 10.6. The van der Waals surface area contributed by atoms with E-state index in [4.69, 9.17) is 0 Å². The van der Waals surface area contributed by atoms with Crippen molar-refractivity contribution in [1.82, 2.24) is 19.2 Å². The van der Waals surface area contributed by atoms with Gasteiger partial charge in [-0.2, -0.15) is 0 Å². The van der Waals surface area contributed by atoms with E-state index in [1.807, 2.05) is 37.3 Å². The third-order valence-corrected chi connectivity index (χ3v) is 7.35. The van der Waals surface area contributed by atoms with Gasteiger partial charge < -0.3 is 0 Å². The van der Waals surface area contributed by atoms with Crippen LogP contribution in [0.2, 0.25) is 0 Å². The fraction of sp³-hybridized carbons (Fsp3) is 0.409. The van der Waals surface area contributed by atoms with E-state index in [9.17, 15) is 4.79 Å². The van der Waals surface area contributed by atoms with Crippen LogP contribution >= 0.6 is 11.3 Å². The first kappa shape index (κ1) is 17.6. The topological polar surface area (TPSA) is 52.2 Å². The Hall–Kier alpha value is -2.47. The van der Waals surface area contributed by atoms with E-state index in [1.54, 1.807) is 15.9 Å². The maximum Gasteiger partial charge on any atom is 0.268 e. The SMILES string of the molecule is Cc1nnc2n(-c3ccccc3)c(=O)c3c4c(sc3n12)CC(C(C)(C)C)CC4. The van der Waals surface area contributed by atoms with Crippen LogP contribution in [0.1, 0.15) is 43.5 Å². The van der Waals surface area contributed by atoms with Gasteiger partial charge >= 0.3 is 0 Å². The van der Waals surface area contributed by atoms with Gasteiger partial charge in [0.25, 0.3) is 5.56 Å². The van der Waals surface area contributed by atoms with Crippen molar-refractivity contribution < 1.29 is 0 Å². The molecule has 0 amide bonds. The van der Waals surface area contributed by atoms with Gasteiger partial charge in [0.05, 0.1) is 11.1 Å². The number of aromatic nitrogens is 4. The first-order valence-electron chi connectivity index (χ1n) is 9.82. The van der Waals surface area contributed by atoms with Crippen LogP contribution in [-0.4, -0.2) is 19.2 Å². The molecule has 0 spiro atoms. The zero-order valence-corrected chi connectivity index (χ0v) is 17.5. The van der Waals surface area contributed by atoms with Gasteiger partial charge in [-0.05, 0) is 55.2 Å². The molecule has 0 fully saturated rings. The number of hydrogen-bond acceptors (Lipinski definition) is 4. The van der Waals surface area contributed by atoms with Crippen molar-refractivity contribution in [2.45, 2.75) is 47.0 Å². The molecule has 5 rings (SSSR count). The number of hydrogen-bond donors (Lipinski definition) is 0. The Labute approximate surface area is 167 Å². The molecule has 0 aliphatic heterocycles. The number of fused-ring (bicyclic) bond motifs is 5. The highest BCUT2D eigenvalue weighted by atomic mass is 32.1. The van der Waals surface area contributed by atoms with Crippen molar-refractivity contribution in [3.63, 3.8) is 0 Å². The molecule has 1 aliphatic rings. The Morgan fingerprint density at radius 2 is 1.89 bits per heavy atom. The monoisotopic (exact) mass is 392 g/mol. The molecule has 144 valence electrons. The lowest BCUT2D eigenvalue weighted by Crippen LogP contribution is -2.27. The molecule has 0 bridgehead atoms. The van der Waals surface area contributed by atoms with Crippen LogP contribution in [0.25, 0.3) is 21.7 Å². The summed E-state index contributed by atoms with van der Waals surface area (Å²) in [5, 5.41) is 9.50. The van der Waals surface area contributed by atoms with Crippen molar-refractivity contribution in [3.8, 4) is 5.69 Å². The molecule has 1 aliphatic carbocycles. The lowest BCUT2D eigenvalue weighted by atomic mass is 9.72. The third kappa shape index (κ3) is 2.47. The van der Waals surface area contributed by atoms with Crippen molar-refractivity contribution in [1.29, 1.82) is 0 Å². The molecule has 0 N–H and O–H groups in total. The van der Waals surface area contributed by atoms with E-state index in [1.165, 1.54) is 10.4 Å². The summed E-state index contributed by atoms with van der Waals surface area (Å²) in [5.74, 6) is 2.05. The summed E-state index contributed by atoms with van der Waals surface area (Å²) in [5.41, 5.74) is 2.37. The van der Waals surface area contributed by atoms with Gasteiger partial charge in [0.15, 0.2) is 0 Å². The minimum absolute atomic E-state index is 0.0211. The van der Waals surface area contributed by atoms with Crippen LogP contribution in [-0.2, 0) is 12.8 Å². The maximum atomic E-state index is 13.7. The number of aryl methyl sites for hydroxylation is 2. The van der Waals surface area contributed by atoms with E-state index in [2.05, 4.69) is 35.4 Å². The zero-order valence-electron chi connectivity index (χ0n) is 16.7. The molecule has 0 saturated carbocycles. The summed E-state index contributed by atoms with van der Waals surface area (Å²) in [4.78, 5) is 16.0. The number of nitrogens with zero attached hydrogens (tertiary/aromatic N) is 4. The Morgan fingerprint density at radius 1 is 1.14 bits per heavy atom. The smallest absolute Gasteiger partial charge is 0.268 e. The number of benzene rings is 1. The molecule has 1 atom stereocenters. The Balaban J connectivity index is 1.85. The van der Waals surface area contributed by atoms with Gasteiger partial charge in [0.1, 0.15) is 10.7 Å². The van der Waals surface area contributed by atoms with Crippen molar-refractivity contribution in [2.24, 2.45) is 11.3 Å². The summed E-state index contributed by atoms with van der Waals surface area (Å²) < 4.78 is 3.77. The second-order valence-electron chi connectivity index (χ2n) is 8.85. The highest BCUT2D eigenvalue weighted by Crippen LogP contribution is 2.42. The number of thiophene rings is 1. The molecule has 3 heterocycles. The second-order valence-corrected chi connectivity index (χ2v) is 9.93. The molecule has 28 heavy (non-hydrogen) atoms. The molecule has 0 saturated heterocycles. The molecule has 3 aromatic heterocycles. The van der Waals surface area contributed by atoms with E-state index < -0.39 is 0 Å². The van der Waals surface area contributed by atoms with Crippen LogP contribution in [0.4, 0.5) is 0 Å². The quantitative estimate of drug-likeness (QED) is 0.477. The Bertz CT molecular complexity index is 1260. The lowest BCUT2D eigenvalue weighted by Gasteiger charge is -2.33. The van der Waals surface area contributed by atoms with E-state index in [-0.39, 0.29) is 11.0 Å². The average Bonchev–Trinajstić information content (AvgIpc) is 3.22. The van der Waals surface area contributed by atoms with Gasteiger partial charge in [0.2, 0.25) is 5.78 Å². The molecule has 4 aromatic rings. The van der Waals surface area contributed by atoms with Crippen LogP contribution < -0.4 is 5.56 Å². The normalized spacial score (nSPS) is 17.4. The van der Waals surface area contributed by atoms with Gasteiger partial charge in [0, 0.05) is 4.88 Å². The Kier molecular flexibility index (Phi) is 3.78. The fourth-order valence-corrected chi connectivity index (χ4v) is 5.90. The minimum Gasteiger partial charge on any atom is -0.268 e. The predicted molar refractivity (Wildman–Crippen MR) is 114 cm³/mol. The van der Waals surface area contributed by atoms with Crippen LogP contribution in [0.5, 0.6) is 0 Å². The van der Waals surface area contributed by atoms with E-state index in [0.29, 0.717) is 11.7 Å². The summed E-state index contributed by atoms with van der Waals surface area (Å²) in [6, 6.07) is 9.75. The fourth-order valence-electron chi connectivity index (χ4n) is 4.43. The van der Waals surface area contributed by atoms with Crippen LogP contribution in [0.15, 0.2) is 35.1 Å². The maximum absolute atomic E-state index is 13.7. The van der Waals surface area contributed by atoms with Gasteiger partial charge in [-0.15, -0.1) is 21.5 Å². The summed E-state index contributed by atoms with van der Waals surface area (Å²) in [6.45, 7) is 8.91. The molecule has 1 unspecified atom stereocenters. The summed E-state index contributed by atoms with van der Waals surface area (Å²) in [6.07, 6.45) is 3.14. The Morgan fingerprint density at radius 3 is 2.61 bits per heavy atom. The van der Waals surface area contributed by atoms with Crippen molar-refractivity contribution in [3.05, 3.63) is 57.0 Å². The average molecular weight is 393 g/mol. The highest BCUT2D eigenvalue weighted by Gasteiger charge is 2.32.